The van der Waals surface area contributed by atoms with E-state index in [1.807, 2.05) is 0 Å². The van der Waals surface area contributed by atoms with Gasteiger partial charge in [-0.05, 0) is 19.1 Å². The molecule has 17 heavy (non-hydrogen) atoms. The zero-order chi connectivity index (χ0) is 13.1. The predicted octanol–water partition coefficient (Wildman–Crippen LogP) is 2.64. The standard InChI is InChI=1S/C8H10ClN2O5P/c1-6(9)15-17(10,14)16-8-4-2-7(3-5-8)11(12)13/h2-6H,1H3,(H2,10,14). The maximum absolute atomic E-state index is 11.5. The van der Waals surface area contributed by atoms with E-state index >= 15 is 0 Å². The van der Waals surface area contributed by atoms with Crippen LogP contribution >= 0.6 is 19.3 Å². The van der Waals surface area contributed by atoms with Crippen molar-refractivity contribution < 1.29 is 18.5 Å². The van der Waals surface area contributed by atoms with Gasteiger partial charge in [0.15, 0.2) is 0 Å². The number of nitro groups is 1. The van der Waals surface area contributed by atoms with Gasteiger partial charge in [-0.1, -0.05) is 11.6 Å². The number of hydrogen-bond donors (Lipinski definition) is 1. The molecule has 9 heteroatoms. The Labute approximate surface area is 102 Å². The van der Waals surface area contributed by atoms with Gasteiger partial charge >= 0.3 is 7.75 Å². The molecule has 2 atom stereocenters. The first-order chi connectivity index (χ1) is 7.80. The fourth-order valence-electron chi connectivity index (χ4n) is 1.000. The molecule has 0 bridgehead atoms. The Hall–Kier alpha value is -1.14. The highest BCUT2D eigenvalue weighted by atomic mass is 35.5. The number of nitro benzene ring substituents is 1. The van der Waals surface area contributed by atoms with Crippen molar-refractivity contribution in [2.45, 2.75) is 12.5 Å². The molecule has 0 spiro atoms. The molecule has 0 saturated carbocycles. The summed E-state index contributed by atoms with van der Waals surface area (Å²) in [5.74, 6) is 0.0961. The van der Waals surface area contributed by atoms with Crippen molar-refractivity contribution in [2.24, 2.45) is 5.50 Å². The van der Waals surface area contributed by atoms with Gasteiger partial charge in [-0.25, -0.2) is 10.1 Å². The number of rotatable bonds is 5. The Morgan fingerprint density at radius 1 is 1.47 bits per heavy atom. The molecule has 0 fully saturated rings. The molecule has 0 aliphatic carbocycles. The lowest BCUT2D eigenvalue weighted by atomic mass is 10.3. The maximum atomic E-state index is 11.5. The van der Waals surface area contributed by atoms with Gasteiger partial charge in [0.05, 0.1) is 4.92 Å². The number of benzene rings is 1. The fraction of sp³-hybridized carbons (Fsp3) is 0.250. The number of nitrogens with zero attached hydrogens (tertiary/aromatic N) is 1. The van der Waals surface area contributed by atoms with Gasteiger partial charge in [0.25, 0.3) is 5.69 Å². The van der Waals surface area contributed by atoms with Crippen molar-refractivity contribution in [2.75, 3.05) is 0 Å². The largest absolute Gasteiger partial charge is 0.457 e. The molecule has 0 aliphatic heterocycles. The van der Waals surface area contributed by atoms with Crippen LogP contribution in [0, 0.1) is 10.1 Å². The van der Waals surface area contributed by atoms with Gasteiger partial charge in [0.2, 0.25) is 0 Å². The summed E-state index contributed by atoms with van der Waals surface area (Å²) in [6.07, 6.45) is 0. The second-order valence-corrected chi connectivity index (χ2v) is 5.12. The number of hydrogen-bond acceptors (Lipinski definition) is 5. The third-order valence-electron chi connectivity index (χ3n) is 1.57. The summed E-state index contributed by atoms with van der Waals surface area (Å²) in [7, 11) is -3.81. The highest BCUT2D eigenvalue weighted by Gasteiger charge is 2.22. The van der Waals surface area contributed by atoms with Crippen LogP contribution in [-0.2, 0) is 9.09 Å². The monoisotopic (exact) mass is 280 g/mol. The summed E-state index contributed by atoms with van der Waals surface area (Å²) in [5, 5.41) is 10.4. The van der Waals surface area contributed by atoms with Crippen molar-refractivity contribution in [3.63, 3.8) is 0 Å². The lowest BCUT2D eigenvalue weighted by molar-refractivity contribution is -0.384. The first-order valence-electron chi connectivity index (χ1n) is 4.45. The van der Waals surface area contributed by atoms with E-state index in [9.17, 15) is 14.7 Å². The summed E-state index contributed by atoms with van der Waals surface area (Å²) in [6, 6.07) is 4.92. The van der Waals surface area contributed by atoms with Crippen LogP contribution in [0.25, 0.3) is 0 Å². The van der Waals surface area contributed by atoms with Gasteiger partial charge in [-0.3, -0.25) is 14.6 Å². The number of alkyl halides is 1. The zero-order valence-electron chi connectivity index (χ0n) is 8.78. The minimum Gasteiger partial charge on any atom is -0.413 e. The molecule has 0 saturated heterocycles. The Morgan fingerprint density at radius 3 is 2.41 bits per heavy atom. The number of halogens is 1. The van der Waals surface area contributed by atoms with Gasteiger partial charge in [0, 0.05) is 12.1 Å². The lowest BCUT2D eigenvalue weighted by Crippen LogP contribution is -2.09. The van der Waals surface area contributed by atoms with Crippen molar-refractivity contribution in [3.8, 4) is 5.75 Å². The average molecular weight is 281 g/mol. The van der Waals surface area contributed by atoms with Crippen LogP contribution in [0.2, 0.25) is 0 Å². The van der Waals surface area contributed by atoms with Crippen LogP contribution in [-0.4, -0.2) is 10.5 Å². The third kappa shape index (κ3) is 4.70. The van der Waals surface area contributed by atoms with E-state index in [1.54, 1.807) is 0 Å². The Bertz CT molecular complexity index is 450. The molecule has 2 N–H and O–H groups in total. The molecule has 0 aliphatic rings. The highest BCUT2D eigenvalue weighted by molar-refractivity contribution is 7.51. The van der Waals surface area contributed by atoms with Crippen molar-refractivity contribution in [1.29, 1.82) is 0 Å². The average Bonchev–Trinajstić information content (AvgIpc) is 2.15. The van der Waals surface area contributed by atoms with E-state index in [4.69, 9.17) is 21.6 Å². The third-order valence-corrected chi connectivity index (χ3v) is 2.86. The molecular weight excluding hydrogens is 271 g/mol. The molecule has 0 heterocycles. The van der Waals surface area contributed by atoms with E-state index < -0.39 is 18.2 Å². The molecule has 2 unspecified atom stereocenters. The maximum Gasteiger partial charge on any atom is 0.457 e. The number of non-ortho nitro benzene ring substituents is 1. The first-order valence-corrected chi connectivity index (χ1v) is 6.50. The van der Waals surface area contributed by atoms with Crippen LogP contribution in [0.5, 0.6) is 5.75 Å². The minimum absolute atomic E-state index is 0.0961. The summed E-state index contributed by atoms with van der Waals surface area (Å²) in [6.45, 7) is 1.43. The lowest BCUT2D eigenvalue weighted by Gasteiger charge is -2.15. The SMILES string of the molecule is CC(Cl)OP(N)(=O)Oc1ccc([N+](=O)[O-])cc1. The van der Waals surface area contributed by atoms with Crippen LogP contribution in [0.3, 0.4) is 0 Å². The smallest absolute Gasteiger partial charge is 0.413 e. The van der Waals surface area contributed by atoms with E-state index in [-0.39, 0.29) is 11.4 Å². The Morgan fingerprint density at radius 2 is 2.00 bits per heavy atom. The molecule has 1 rings (SSSR count). The zero-order valence-corrected chi connectivity index (χ0v) is 10.4. The van der Waals surface area contributed by atoms with Crippen LogP contribution in [0.1, 0.15) is 6.92 Å². The summed E-state index contributed by atoms with van der Waals surface area (Å²) < 4.78 is 21.0. The molecule has 1 aromatic carbocycles. The van der Waals surface area contributed by atoms with Crippen molar-refractivity contribution in [3.05, 3.63) is 34.4 Å². The molecule has 0 aromatic heterocycles. The van der Waals surface area contributed by atoms with Crippen LogP contribution in [0.4, 0.5) is 5.69 Å². The van der Waals surface area contributed by atoms with E-state index in [0.29, 0.717) is 0 Å². The number of nitrogens with two attached hydrogens (primary N) is 1. The first kappa shape index (κ1) is 13.9. The Kier molecular flexibility index (Phi) is 4.47. The van der Waals surface area contributed by atoms with Gasteiger partial charge in [0.1, 0.15) is 11.3 Å². The highest BCUT2D eigenvalue weighted by Crippen LogP contribution is 2.42. The Balaban J connectivity index is 2.75. The van der Waals surface area contributed by atoms with E-state index in [0.717, 1.165) is 0 Å². The summed E-state index contributed by atoms with van der Waals surface area (Å²) in [4.78, 5) is 9.82. The van der Waals surface area contributed by atoms with Gasteiger partial charge in [-0.2, -0.15) is 0 Å². The second kappa shape index (κ2) is 5.46. The topological polar surface area (TPSA) is 105 Å². The second-order valence-electron chi connectivity index (χ2n) is 3.03. The van der Waals surface area contributed by atoms with Gasteiger partial charge < -0.3 is 4.52 Å². The molecule has 0 amide bonds. The van der Waals surface area contributed by atoms with Crippen LogP contribution in [0.15, 0.2) is 24.3 Å². The summed E-state index contributed by atoms with van der Waals surface area (Å²) >= 11 is 5.45. The minimum atomic E-state index is -3.81. The molecular formula is C8H10ClN2O5P. The van der Waals surface area contributed by atoms with Gasteiger partial charge in [-0.15, -0.1) is 0 Å². The molecule has 1 aromatic rings. The predicted molar refractivity (Wildman–Crippen MR) is 61.9 cm³/mol. The van der Waals surface area contributed by atoms with Crippen LogP contribution < -0.4 is 10.0 Å². The van der Waals surface area contributed by atoms with Crippen molar-refractivity contribution in [1.82, 2.24) is 0 Å². The van der Waals surface area contributed by atoms with E-state index in [2.05, 4.69) is 4.52 Å². The molecule has 94 valence electrons. The summed E-state index contributed by atoms with van der Waals surface area (Å²) in [5.41, 5.74) is 4.25. The normalized spacial score (nSPS) is 15.9. The fourth-order valence-corrected chi connectivity index (χ4v) is 2.20. The van der Waals surface area contributed by atoms with E-state index in [1.165, 1.54) is 31.2 Å². The molecule has 0 radical (unpaired) electrons. The molecule has 7 nitrogen and oxygen atoms in total. The quantitative estimate of drug-likeness (QED) is 0.385. The van der Waals surface area contributed by atoms with Crippen molar-refractivity contribution >= 4 is 25.0 Å².